The smallest absolute Gasteiger partial charge is 0.213 e. The highest BCUT2D eigenvalue weighted by atomic mass is 16.1. The summed E-state index contributed by atoms with van der Waals surface area (Å²) < 4.78 is 0. The van der Waals surface area contributed by atoms with E-state index in [1.807, 2.05) is 37.3 Å². The van der Waals surface area contributed by atoms with Crippen LogP contribution in [0.2, 0.25) is 0 Å². The molecule has 0 aliphatic carbocycles. The molecule has 0 fully saturated rings. The van der Waals surface area contributed by atoms with Gasteiger partial charge in [0.2, 0.25) is 11.6 Å². The van der Waals surface area contributed by atoms with E-state index in [2.05, 4.69) is 17.6 Å². The lowest BCUT2D eigenvalue weighted by molar-refractivity contribution is 0.101. The van der Waals surface area contributed by atoms with E-state index in [1.54, 1.807) is 6.07 Å². The van der Waals surface area contributed by atoms with Crippen LogP contribution in [-0.4, -0.2) is 11.6 Å². The first kappa shape index (κ1) is 13.8. The van der Waals surface area contributed by atoms with E-state index < -0.39 is 0 Å². The Morgan fingerprint density at radius 3 is 2.35 bits per heavy atom. The van der Waals surface area contributed by atoms with Crippen LogP contribution in [-0.2, 0) is 6.42 Å². The summed E-state index contributed by atoms with van der Waals surface area (Å²) in [7, 11) is 0. The van der Waals surface area contributed by atoms with E-state index in [4.69, 9.17) is 0 Å². The van der Waals surface area contributed by atoms with Crippen LogP contribution in [0, 0.1) is 6.92 Å². The number of hydrogen-bond acceptors (Lipinski definition) is 4. The van der Waals surface area contributed by atoms with Gasteiger partial charge in [0.1, 0.15) is 11.4 Å². The largest absolute Gasteiger partial charge is 0.350 e. The van der Waals surface area contributed by atoms with Crippen molar-refractivity contribution in [3.8, 4) is 0 Å². The first-order chi connectivity index (χ1) is 11.1. The van der Waals surface area contributed by atoms with Crippen LogP contribution in [0.4, 0.5) is 11.4 Å². The molecule has 0 saturated carbocycles. The first-order valence-corrected chi connectivity index (χ1v) is 7.70. The first-order valence-electron chi connectivity index (χ1n) is 7.70. The molecule has 4 rings (SSSR count). The number of benzene rings is 2. The number of fused-ring (bicyclic) bond motifs is 2. The predicted molar refractivity (Wildman–Crippen MR) is 89.9 cm³/mol. The van der Waals surface area contributed by atoms with Crippen molar-refractivity contribution in [3.05, 3.63) is 70.0 Å². The van der Waals surface area contributed by atoms with Crippen molar-refractivity contribution in [1.82, 2.24) is 0 Å². The fourth-order valence-corrected chi connectivity index (χ4v) is 3.25. The molecule has 0 saturated heterocycles. The van der Waals surface area contributed by atoms with E-state index in [0.29, 0.717) is 22.5 Å². The molecule has 114 valence electrons. The normalized spacial score (nSPS) is 18.5. The minimum atomic E-state index is -0.141. The number of Topliss-reactive ketones (excluding diaryl/α,β-unsaturated/α-hetero) is 2. The van der Waals surface area contributed by atoms with Crippen molar-refractivity contribution in [3.63, 3.8) is 0 Å². The number of rotatable bonds is 1. The molecule has 0 radical (unpaired) electrons. The van der Waals surface area contributed by atoms with E-state index in [-0.39, 0.29) is 11.6 Å². The van der Waals surface area contributed by atoms with Gasteiger partial charge < -0.3 is 10.6 Å². The summed E-state index contributed by atoms with van der Waals surface area (Å²) in [5.41, 5.74) is 5.60. The minimum absolute atomic E-state index is 0.121. The van der Waals surface area contributed by atoms with Gasteiger partial charge in [0.05, 0.1) is 11.3 Å². The van der Waals surface area contributed by atoms with Gasteiger partial charge in [-0.15, -0.1) is 0 Å². The van der Waals surface area contributed by atoms with Crippen molar-refractivity contribution < 1.29 is 9.59 Å². The zero-order valence-electron chi connectivity index (χ0n) is 13.0. The predicted octanol–water partition coefficient (Wildman–Crippen LogP) is 3.69. The lowest BCUT2D eigenvalue weighted by Crippen LogP contribution is -2.13. The summed E-state index contributed by atoms with van der Waals surface area (Å²) in [6, 6.07) is 11.3. The second-order valence-electron chi connectivity index (χ2n) is 5.89. The SMILES string of the molecule is CCc1cc(C)c2c(c1)N/C(=C1/Nc3ccccc3C1=O)C2=O. The topological polar surface area (TPSA) is 58.2 Å². The number of nitrogens with one attached hydrogen (secondary N) is 2. The second kappa shape index (κ2) is 4.81. The summed E-state index contributed by atoms with van der Waals surface area (Å²) in [5.74, 6) is -0.263. The van der Waals surface area contributed by atoms with E-state index >= 15 is 0 Å². The Labute approximate surface area is 134 Å². The molecule has 2 aliphatic heterocycles. The van der Waals surface area contributed by atoms with Gasteiger partial charge in [0.25, 0.3) is 0 Å². The van der Waals surface area contributed by atoms with Crippen molar-refractivity contribution in [2.45, 2.75) is 20.3 Å². The van der Waals surface area contributed by atoms with Gasteiger partial charge in [-0.2, -0.15) is 0 Å². The fraction of sp³-hybridized carbons (Fsp3) is 0.158. The molecule has 0 unspecified atom stereocenters. The molecular formula is C19H16N2O2. The van der Waals surface area contributed by atoms with Gasteiger partial charge in [-0.1, -0.05) is 25.1 Å². The fourth-order valence-electron chi connectivity index (χ4n) is 3.25. The number of aryl methyl sites for hydroxylation is 2. The molecule has 0 amide bonds. The van der Waals surface area contributed by atoms with Crippen molar-refractivity contribution >= 4 is 22.9 Å². The third-order valence-electron chi connectivity index (χ3n) is 4.43. The molecule has 2 N–H and O–H groups in total. The Kier molecular flexibility index (Phi) is 2.88. The number of carbonyl (C=O) groups is 2. The maximum Gasteiger partial charge on any atom is 0.213 e. The quantitative estimate of drug-likeness (QED) is 0.789. The third kappa shape index (κ3) is 1.91. The van der Waals surface area contributed by atoms with Crippen LogP contribution < -0.4 is 10.6 Å². The maximum absolute atomic E-state index is 12.8. The monoisotopic (exact) mass is 304 g/mol. The number of hydrogen-bond donors (Lipinski definition) is 2. The molecule has 2 aliphatic rings. The minimum Gasteiger partial charge on any atom is -0.350 e. The second-order valence-corrected chi connectivity index (χ2v) is 5.89. The van der Waals surface area contributed by atoms with Crippen LogP contribution in [0.5, 0.6) is 0 Å². The maximum atomic E-state index is 12.8. The third-order valence-corrected chi connectivity index (χ3v) is 4.43. The van der Waals surface area contributed by atoms with Crippen LogP contribution in [0.25, 0.3) is 0 Å². The molecule has 4 heteroatoms. The lowest BCUT2D eigenvalue weighted by atomic mass is 9.99. The average Bonchev–Trinajstić information content (AvgIpc) is 3.05. The van der Waals surface area contributed by atoms with Crippen molar-refractivity contribution in [2.75, 3.05) is 10.6 Å². The highest BCUT2D eigenvalue weighted by molar-refractivity contribution is 6.27. The van der Waals surface area contributed by atoms with Gasteiger partial charge in [0.15, 0.2) is 0 Å². The summed E-state index contributed by atoms with van der Waals surface area (Å²) in [6.45, 7) is 4.01. The number of para-hydroxylation sites is 1. The molecule has 0 aromatic heterocycles. The van der Waals surface area contributed by atoms with Gasteiger partial charge in [-0.25, -0.2) is 0 Å². The van der Waals surface area contributed by atoms with Crippen LogP contribution >= 0.6 is 0 Å². The Morgan fingerprint density at radius 1 is 0.913 bits per heavy atom. The van der Waals surface area contributed by atoms with E-state index in [9.17, 15) is 9.59 Å². The van der Waals surface area contributed by atoms with E-state index in [1.165, 1.54) is 5.56 Å². The molecule has 4 nitrogen and oxygen atoms in total. The summed E-state index contributed by atoms with van der Waals surface area (Å²) in [4.78, 5) is 25.4. The summed E-state index contributed by atoms with van der Waals surface area (Å²) in [5, 5.41) is 6.24. The van der Waals surface area contributed by atoms with Gasteiger partial charge in [-0.3, -0.25) is 9.59 Å². The zero-order valence-corrected chi connectivity index (χ0v) is 13.0. The lowest BCUT2D eigenvalue weighted by Gasteiger charge is -2.05. The Balaban J connectivity index is 1.83. The molecule has 0 bridgehead atoms. The number of carbonyl (C=O) groups excluding carboxylic acids is 2. The number of ketones is 2. The molecule has 2 aromatic rings. The molecular weight excluding hydrogens is 288 g/mol. The van der Waals surface area contributed by atoms with Crippen LogP contribution in [0.1, 0.15) is 38.8 Å². The highest BCUT2D eigenvalue weighted by Gasteiger charge is 2.35. The zero-order chi connectivity index (χ0) is 16.1. The number of allylic oxidation sites excluding steroid dienone is 2. The molecule has 0 spiro atoms. The van der Waals surface area contributed by atoms with Gasteiger partial charge in [0, 0.05) is 11.3 Å². The molecule has 0 atom stereocenters. The van der Waals surface area contributed by atoms with Gasteiger partial charge in [-0.05, 0) is 42.7 Å². The summed E-state index contributed by atoms with van der Waals surface area (Å²) >= 11 is 0. The number of anilines is 2. The van der Waals surface area contributed by atoms with Crippen molar-refractivity contribution in [1.29, 1.82) is 0 Å². The Morgan fingerprint density at radius 2 is 1.61 bits per heavy atom. The van der Waals surface area contributed by atoms with Crippen LogP contribution in [0.15, 0.2) is 47.8 Å². The Hall–Kier alpha value is -2.88. The summed E-state index contributed by atoms with van der Waals surface area (Å²) in [6.07, 6.45) is 0.901. The van der Waals surface area contributed by atoms with Gasteiger partial charge >= 0.3 is 0 Å². The van der Waals surface area contributed by atoms with Crippen molar-refractivity contribution in [2.24, 2.45) is 0 Å². The average molecular weight is 304 g/mol. The molecule has 2 heterocycles. The standard InChI is InChI=1S/C19H16N2O2/c1-3-11-8-10(2)15-14(9-11)21-17(19(15)23)16-18(22)12-6-4-5-7-13(12)20-16/h4-9,20-21H,3H2,1-2H3/b17-16+. The molecule has 2 aromatic carbocycles. The van der Waals surface area contributed by atoms with Crippen LogP contribution in [0.3, 0.4) is 0 Å². The highest BCUT2D eigenvalue weighted by Crippen LogP contribution is 2.37. The molecule has 23 heavy (non-hydrogen) atoms. The van der Waals surface area contributed by atoms with E-state index in [0.717, 1.165) is 23.4 Å². The Bertz CT molecular complexity index is 910.